The van der Waals surface area contributed by atoms with Gasteiger partial charge in [0.15, 0.2) is 0 Å². The fourth-order valence-corrected chi connectivity index (χ4v) is 1.76. The number of amides is 1. The lowest BCUT2D eigenvalue weighted by Gasteiger charge is -2.22. The van der Waals surface area contributed by atoms with Gasteiger partial charge in [0.05, 0.1) is 17.2 Å². The van der Waals surface area contributed by atoms with Crippen LogP contribution in [0.25, 0.3) is 0 Å². The zero-order chi connectivity index (χ0) is 14.7. The van der Waals surface area contributed by atoms with Gasteiger partial charge in [-0.15, -0.1) is 0 Å². The minimum atomic E-state index is -0.408. The molecule has 0 aliphatic carbocycles. The molecule has 0 saturated carbocycles. The molecule has 0 bridgehead atoms. The van der Waals surface area contributed by atoms with Gasteiger partial charge in [0.1, 0.15) is 0 Å². The predicted molar refractivity (Wildman–Crippen MR) is 76.8 cm³/mol. The van der Waals surface area contributed by atoms with Crippen LogP contribution >= 0.6 is 0 Å². The second-order valence-electron chi connectivity index (χ2n) is 6.53. The first-order valence-corrected chi connectivity index (χ1v) is 6.64. The van der Waals surface area contributed by atoms with Crippen molar-refractivity contribution in [3.63, 3.8) is 0 Å². The lowest BCUT2D eigenvalue weighted by atomic mass is 9.92. The van der Waals surface area contributed by atoms with E-state index >= 15 is 0 Å². The number of nitrogens with one attached hydrogen (secondary N) is 2. The van der Waals surface area contributed by atoms with Gasteiger partial charge in [-0.1, -0.05) is 0 Å². The molecule has 5 heteroatoms. The van der Waals surface area contributed by atoms with Gasteiger partial charge in [-0.25, -0.2) is 0 Å². The summed E-state index contributed by atoms with van der Waals surface area (Å²) in [6, 6.07) is 0. The first kappa shape index (κ1) is 15.7. The standard InChI is InChI=1S/C14H26N4O/c1-13(2,3)18-9-11(8-17-18)7-16-10-14(4,5)12(19)15-6/h8-9,16H,7,10H2,1-6H3,(H,15,19). The topological polar surface area (TPSA) is 59.0 Å². The number of rotatable bonds is 5. The molecular formula is C14H26N4O. The Morgan fingerprint density at radius 3 is 2.42 bits per heavy atom. The van der Waals surface area contributed by atoms with Crippen LogP contribution in [0.3, 0.4) is 0 Å². The fraction of sp³-hybridized carbons (Fsp3) is 0.714. The largest absolute Gasteiger partial charge is 0.359 e. The normalized spacial score (nSPS) is 12.5. The quantitative estimate of drug-likeness (QED) is 0.849. The van der Waals surface area contributed by atoms with Crippen LogP contribution in [0, 0.1) is 5.41 Å². The minimum absolute atomic E-state index is 0.000380. The molecule has 0 fully saturated rings. The van der Waals surface area contributed by atoms with Crippen LogP contribution in [0.2, 0.25) is 0 Å². The molecule has 0 aliphatic heterocycles. The molecule has 108 valence electrons. The summed E-state index contributed by atoms with van der Waals surface area (Å²) < 4.78 is 1.95. The van der Waals surface area contributed by atoms with Gasteiger partial charge in [0.2, 0.25) is 5.91 Å². The maximum atomic E-state index is 11.6. The van der Waals surface area contributed by atoms with E-state index in [1.165, 1.54) is 0 Å². The van der Waals surface area contributed by atoms with Crippen molar-refractivity contribution >= 4 is 5.91 Å². The van der Waals surface area contributed by atoms with Crippen molar-refractivity contribution in [2.45, 2.75) is 46.7 Å². The van der Waals surface area contributed by atoms with Crippen molar-refractivity contribution in [1.82, 2.24) is 20.4 Å². The molecule has 0 spiro atoms. The number of carbonyl (C=O) groups is 1. The molecule has 0 saturated heterocycles. The maximum absolute atomic E-state index is 11.6. The van der Waals surface area contributed by atoms with Crippen molar-refractivity contribution < 1.29 is 4.79 Å². The van der Waals surface area contributed by atoms with E-state index < -0.39 is 5.41 Å². The Bertz CT molecular complexity index is 429. The summed E-state index contributed by atoms with van der Waals surface area (Å²) in [4.78, 5) is 11.6. The lowest BCUT2D eigenvalue weighted by molar-refractivity contribution is -0.128. The second-order valence-corrected chi connectivity index (χ2v) is 6.53. The van der Waals surface area contributed by atoms with Gasteiger partial charge in [0, 0.05) is 31.9 Å². The van der Waals surface area contributed by atoms with E-state index in [1.807, 2.05) is 30.9 Å². The number of aromatic nitrogens is 2. The van der Waals surface area contributed by atoms with E-state index in [0.717, 1.165) is 12.1 Å². The highest BCUT2D eigenvalue weighted by molar-refractivity contribution is 5.81. The van der Waals surface area contributed by atoms with Crippen molar-refractivity contribution in [1.29, 1.82) is 0 Å². The first-order valence-electron chi connectivity index (χ1n) is 6.64. The van der Waals surface area contributed by atoms with Gasteiger partial charge in [-0.05, 0) is 34.6 Å². The van der Waals surface area contributed by atoms with Gasteiger partial charge >= 0.3 is 0 Å². The molecule has 1 amide bonds. The number of hydrogen-bond donors (Lipinski definition) is 2. The van der Waals surface area contributed by atoms with Crippen molar-refractivity contribution in [2.75, 3.05) is 13.6 Å². The zero-order valence-electron chi connectivity index (χ0n) is 12.9. The number of carbonyl (C=O) groups excluding carboxylic acids is 1. The molecule has 1 heterocycles. The molecule has 0 aliphatic rings. The van der Waals surface area contributed by atoms with Gasteiger partial charge in [-0.3, -0.25) is 9.48 Å². The molecule has 0 radical (unpaired) electrons. The van der Waals surface area contributed by atoms with Crippen LogP contribution in [-0.4, -0.2) is 29.3 Å². The molecule has 5 nitrogen and oxygen atoms in total. The van der Waals surface area contributed by atoms with E-state index in [2.05, 4.69) is 36.5 Å². The van der Waals surface area contributed by atoms with Crippen LogP contribution in [-0.2, 0) is 16.9 Å². The van der Waals surface area contributed by atoms with Crippen molar-refractivity contribution in [3.05, 3.63) is 18.0 Å². The summed E-state index contributed by atoms with van der Waals surface area (Å²) in [5.74, 6) is 0.0467. The smallest absolute Gasteiger partial charge is 0.226 e. The van der Waals surface area contributed by atoms with E-state index in [4.69, 9.17) is 0 Å². The van der Waals surface area contributed by atoms with E-state index in [-0.39, 0.29) is 11.4 Å². The van der Waals surface area contributed by atoms with Crippen LogP contribution in [0.5, 0.6) is 0 Å². The average Bonchev–Trinajstić information content (AvgIpc) is 2.76. The third-order valence-electron chi connectivity index (χ3n) is 3.06. The van der Waals surface area contributed by atoms with E-state index in [0.29, 0.717) is 6.54 Å². The molecule has 1 aromatic heterocycles. The average molecular weight is 266 g/mol. The summed E-state index contributed by atoms with van der Waals surface area (Å²) in [5.41, 5.74) is 0.719. The van der Waals surface area contributed by atoms with Gasteiger partial charge in [-0.2, -0.15) is 5.10 Å². The Balaban J connectivity index is 2.50. The summed E-state index contributed by atoms with van der Waals surface area (Å²) in [6.07, 6.45) is 3.91. The summed E-state index contributed by atoms with van der Waals surface area (Å²) >= 11 is 0. The number of nitrogens with zero attached hydrogens (tertiary/aromatic N) is 2. The summed E-state index contributed by atoms with van der Waals surface area (Å²) in [7, 11) is 1.66. The monoisotopic (exact) mass is 266 g/mol. The lowest BCUT2D eigenvalue weighted by Crippen LogP contribution is -2.41. The predicted octanol–water partition coefficient (Wildman–Crippen LogP) is 1.50. The SMILES string of the molecule is CNC(=O)C(C)(C)CNCc1cnn(C(C)(C)C)c1. The van der Waals surface area contributed by atoms with Crippen molar-refractivity contribution in [2.24, 2.45) is 5.41 Å². The molecular weight excluding hydrogens is 240 g/mol. The fourth-order valence-electron chi connectivity index (χ4n) is 1.76. The number of hydrogen-bond acceptors (Lipinski definition) is 3. The Labute approximate surface area is 115 Å². The molecule has 0 unspecified atom stereocenters. The van der Waals surface area contributed by atoms with Gasteiger partial charge < -0.3 is 10.6 Å². The van der Waals surface area contributed by atoms with Crippen LogP contribution in [0.15, 0.2) is 12.4 Å². The third kappa shape index (κ3) is 4.35. The maximum Gasteiger partial charge on any atom is 0.226 e. The molecule has 0 atom stereocenters. The van der Waals surface area contributed by atoms with Gasteiger partial charge in [0.25, 0.3) is 0 Å². The Morgan fingerprint density at radius 2 is 1.95 bits per heavy atom. The van der Waals surface area contributed by atoms with E-state index in [1.54, 1.807) is 7.05 Å². The zero-order valence-corrected chi connectivity index (χ0v) is 12.9. The Morgan fingerprint density at radius 1 is 1.32 bits per heavy atom. The Kier molecular flexibility index (Phi) is 4.74. The highest BCUT2D eigenvalue weighted by atomic mass is 16.2. The van der Waals surface area contributed by atoms with Crippen molar-refractivity contribution in [3.8, 4) is 0 Å². The summed E-state index contributed by atoms with van der Waals surface area (Å²) in [6.45, 7) is 11.6. The molecule has 1 aromatic rings. The van der Waals surface area contributed by atoms with E-state index in [9.17, 15) is 4.79 Å². The van der Waals surface area contributed by atoms with Crippen LogP contribution < -0.4 is 10.6 Å². The molecule has 0 aromatic carbocycles. The first-order chi connectivity index (χ1) is 8.66. The van der Waals surface area contributed by atoms with Crippen LogP contribution in [0.4, 0.5) is 0 Å². The Hall–Kier alpha value is -1.36. The second kappa shape index (κ2) is 5.74. The highest BCUT2D eigenvalue weighted by Gasteiger charge is 2.25. The highest BCUT2D eigenvalue weighted by Crippen LogP contribution is 2.15. The van der Waals surface area contributed by atoms with Crippen LogP contribution in [0.1, 0.15) is 40.2 Å². The minimum Gasteiger partial charge on any atom is -0.359 e. The molecule has 2 N–H and O–H groups in total. The summed E-state index contributed by atoms with van der Waals surface area (Å²) in [5, 5.41) is 10.3. The molecule has 19 heavy (non-hydrogen) atoms. The molecule has 1 rings (SSSR count). The third-order valence-corrected chi connectivity index (χ3v) is 3.06.